The first-order valence-corrected chi connectivity index (χ1v) is 19.1. The van der Waals surface area contributed by atoms with Gasteiger partial charge in [-0.25, -0.2) is 0 Å². The van der Waals surface area contributed by atoms with Crippen LogP contribution in [0.3, 0.4) is 0 Å². The summed E-state index contributed by atoms with van der Waals surface area (Å²) < 4.78 is 4.80. The Morgan fingerprint density at radius 3 is 1.59 bits per heavy atom. The Bertz CT molecular complexity index is 1150. The summed E-state index contributed by atoms with van der Waals surface area (Å²) in [7, 11) is 0. The van der Waals surface area contributed by atoms with E-state index in [0.29, 0.717) is 0 Å². The summed E-state index contributed by atoms with van der Waals surface area (Å²) in [6.45, 7) is 2.48. The average molecular weight is 523 g/mol. The Labute approximate surface area is 228 Å². The molecule has 3 aliphatic carbocycles. The Morgan fingerprint density at radius 2 is 1.08 bits per heavy atom. The predicted octanol–water partition coefficient (Wildman–Crippen LogP) is 9.92. The molecule has 0 aliphatic heterocycles. The van der Waals surface area contributed by atoms with Gasteiger partial charge in [0.05, 0.1) is 0 Å². The van der Waals surface area contributed by atoms with E-state index in [4.69, 9.17) is 0 Å². The standard InChI is InChI=1S/C15H21.3C7H7.Ti/c1-2-11-12-7-3-5-9-14(12)15-10-6-4-8-13(11)15;3*1-7-5-3-2-4-6-7;/h7,11H,2-6,8-10H2,1H3;3*2-6H,1H2;. The average Bonchev–Trinajstić information content (AvgIpc) is 3.28. The van der Waals surface area contributed by atoms with Crippen LogP contribution < -0.4 is 0 Å². The van der Waals surface area contributed by atoms with Crippen molar-refractivity contribution in [1.29, 1.82) is 0 Å². The van der Waals surface area contributed by atoms with E-state index in [1.807, 2.05) is 22.3 Å². The second kappa shape index (κ2) is 11.3. The maximum atomic E-state index is 2.48. The van der Waals surface area contributed by atoms with Crippen LogP contribution in [0.5, 0.6) is 0 Å². The SMILES string of the molecule is CCC1C2=C(CCCC2)C2=C1[CH]([Ti]([CH2]c1ccccc1)([CH2]c1ccccc1)[CH2]c1ccccc1)CCC2. The van der Waals surface area contributed by atoms with Crippen molar-refractivity contribution in [2.45, 2.75) is 76.7 Å². The van der Waals surface area contributed by atoms with Crippen molar-refractivity contribution >= 4 is 0 Å². The molecular weight excluding hydrogens is 480 g/mol. The fraction of sp³-hybridized carbons (Fsp3) is 0.389. The van der Waals surface area contributed by atoms with Gasteiger partial charge < -0.3 is 0 Å². The normalized spacial score (nSPS) is 21.6. The first-order chi connectivity index (χ1) is 18.3. The Hall–Kier alpha value is -2.15. The molecule has 0 bridgehead atoms. The van der Waals surface area contributed by atoms with Crippen LogP contribution in [0.4, 0.5) is 0 Å². The van der Waals surface area contributed by atoms with E-state index in [1.165, 1.54) is 65.5 Å². The number of hydrogen-bond donors (Lipinski definition) is 0. The van der Waals surface area contributed by atoms with Crippen LogP contribution in [-0.2, 0) is 30.8 Å². The van der Waals surface area contributed by atoms with Crippen LogP contribution in [0, 0.1) is 5.92 Å². The third kappa shape index (κ3) is 5.13. The van der Waals surface area contributed by atoms with Gasteiger partial charge in [-0.2, -0.15) is 0 Å². The number of fused-ring (bicyclic) bond motifs is 1. The molecule has 0 heterocycles. The van der Waals surface area contributed by atoms with Crippen LogP contribution in [0.1, 0.15) is 75.0 Å². The van der Waals surface area contributed by atoms with Gasteiger partial charge in [0, 0.05) is 0 Å². The molecule has 2 unspecified atom stereocenters. The fourth-order valence-corrected chi connectivity index (χ4v) is 17.8. The summed E-state index contributed by atoms with van der Waals surface area (Å²) in [4.78, 5) is 0. The van der Waals surface area contributed by atoms with Crippen molar-refractivity contribution in [2.24, 2.45) is 5.92 Å². The molecule has 0 spiro atoms. The topological polar surface area (TPSA) is 0 Å². The quantitative estimate of drug-likeness (QED) is 0.258. The minimum atomic E-state index is -2.63. The number of benzene rings is 3. The number of hydrogen-bond acceptors (Lipinski definition) is 0. The van der Waals surface area contributed by atoms with Gasteiger partial charge in [0.25, 0.3) is 0 Å². The molecule has 0 amide bonds. The van der Waals surface area contributed by atoms with E-state index in [-0.39, 0.29) is 0 Å². The Morgan fingerprint density at radius 1 is 0.595 bits per heavy atom. The maximum absolute atomic E-state index is 2.63. The first-order valence-electron chi connectivity index (χ1n) is 14.8. The van der Waals surface area contributed by atoms with Gasteiger partial charge >= 0.3 is 229 Å². The second-order valence-electron chi connectivity index (χ2n) is 11.9. The molecule has 3 aliphatic rings. The van der Waals surface area contributed by atoms with Gasteiger partial charge in [-0.15, -0.1) is 0 Å². The molecule has 3 aromatic carbocycles. The van der Waals surface area contributed by atoms with Crippen molar-refractivity contribution in [1.82, 2.24) is 0 Å². The van der Waals surface area contributed by atoms with Gasteiger partial charge in [-0.1, -0.05) is 0 Å². The zero-order chi connectivity index (χ0) is 25.1. The van der Waals surface area contributed by atoms with E-state index in [1.54, 1.807) is 16.7 Å². The number of rotatable bonds is 8. The van der Waals surface area contributed by atoms with Crippen LogP contribution in [0.2, 0.25) is 4.22 Å². The fourth-order valence-electron chi connectivity index (χ4n) is 8.28. The summed E-state index contributed by atoms with van der Waals surface area (Å²) in [6, 6.07) is 34.7. The van der Waals surface area contributed by atoms with Crippen molar-refractivity contribution in [3.63, 3.8) is 0 Å². The van der Waals surface area contributed by atoms with Gasteiger partial charge in [0.15, 0.2) is 0 Å². The van der Waals surface area contributed by atoms with Crippen LogP contribution in [-0.4, -0.2) is 0 Å². The molecule has 0 radical (unpaired) electrons. The Kier molecular flexibility index (Phi) is 7.68. The first kappa shape index (κ1) is 25.1. The van der Waals surface area contributed by atoms with Crippen molar-refractivity contribution in [3.8, 4) is 0 Å². The third-order valence-corrected chi connectivity index (χ3v) is 18.1. The molecule has 0 aromatic heterocycles. The van der Waals surface area contributed by atoms with Crippen molar-refractivity contribution in [2.75, 3.05) is 0 Å². The van der Waals surface area contributed by atoms with E-state index in [0.717, 1.165) is 10.1 Å². The molecule has 2 atom stereocenters. The van der Waals surface area contributed by atoms with Gasteiger partial charge in [0.1, 0.15) is 0 Å². The molecule has 0 saturated heterocycles. The molecule has 0 fully saturated rings. The zero-order valence-corrected chi connectivity index (χ0v) is 24.2. The van der Waals surface area contributed by atoms with Crippen molar-refractivity contribution in [3.05, 3.63) is 130 Å². The summed E-state index contributed by atoms with van der Waals surface area (Å²) in [5, 5.41) is 0. The molecular formula is C36H42Ti. The third-order valence-electron chi connectivity index (χ3n) is 9.66. The zero-order valence-electron chi connectivity index (χ0n) is 22.6. The Balaban J connectivity index is 1.51. The summed E-state index contributed by atoms with van der Waals surface area (Å²) in [5.41, 5.74) is 12.3. The monoisotopic (exact) mass is 522 g/mol. The molecule has 3 aromatic rings. The molecule has 0 saturated carbocycles. The summed E-state index contributed by atoms with van der Waals surface area (Å²) in [6.07, 6.45) is 11.0. The van der Waals surface area contributed by atoms with Gasteiger partial charge in [0.2, 0.25) is 0 Å². The van der Waals surface area contributed by atoms with E-state index < -0.39 is 16.6 Å². The molecule has 190 valence electrons. The van der Waals surface area contributed by atoms with Crippen LogP contribution in [0.15, 0.2) is 113 Å². The summed E-state index contributed by atoms with van der Waals surface area (Å²) in [5.74, 6) is 0.739. The van der Waals surface area contributed by atoms with Gasteiger partial charge in [-0.3, -0.25) is 0 Å². The van der Waals surface area contributed by atoms with E-state index >= 15 is 0 Å². The minimum absolute atomic E-state index is 0.739. The van der Waals surface area contributed by atoms with E-state index in [2.05, 4.69) is 97.9 Å². The molecule has 37 heavy (non-hydrogen) atoms. The number of allylic oxidation sites excluding steroid dienone is 4. The van der Waals surface area contributed by atoms with E-state index in [9.17, 15) is 0 Å². The second-order valence-corrected chi connectivity index (χ2v) is 18.9. The van der Waals surface area contributed by atoms with Crippen LogP contribution in [0.25, 0.3) is 0 Å². The van der Waals surface area contributed by atoms with Crippen LogP contribution >= 0.6 is 0 Å². The predicted molar refractivity (Wildman–Crippen MR) is 154 cm³/mol. The molecule has 0 N–H and O–H groups in total. The summed E-state index contributed by atoms with van der Waals surface area (Å²) >= 11 is -2.63. The molecule has 0 nitrogen and oxygen atoms in total. The molecule has 1 heteroatoms. The van der Waals surface area contributed by atoms with Crippen molar-refractivity contribution < 1.29 is 16.6 Å². The van der Waals surface area contributed by atoms with Gasteiger partial charge in [-0.05, 0) is 0 Å². The molecule has 6 rings (SSSR count).